The fourth-order valence-corrected chi connectivity index (χ4v) is 2.19. The summed E-state index contributed by atoms with van der Waals surface area (Å²) in [5, 5.41) is 13.2. The van der Waals surface area contributed by atoms with E-state index in [0.717, 1.165) is 0 Å². The predicted octanol–water partition coefficient (Wildman–Crippen LogP) is 2.31. The lowest BCUT2D eigenvalue weighted by Gasteiger charge is -2.05. The van der Waals surface area contributed by atoms with Crippen molar-refractivity contribution < 1.29 is 9.21 Å². The van der Waals surface area contributed by atoms with Crippen molar-refractivity contribution in [2.24, 2.45) is 0 Å². The SMILES string of the molecule is O=C(Nc1nc(-c2ccco2)c2nn[nH]c2n1)c1ccc(Cl)nc1. The van der Waals surface area contributed by atoms with Gasteiger partial charge in [-0.05, 0) is 24.3 Å². The van der Waals surface area contributed by atoms with Crippen LogP contribution in [0.3, 0.4) is 0 Å². The number of carbonyl (C=O) groups is 1. The first-order valence-electron chi connectivity index (χ1n) is 6.76. The second-order valence-corrected chi connectivity index (χ2v) is 5.09. The molecule has 0 saturated carbocycles. The normalized spacial score (nSPS) is 10.9. The zero-order valence-electron chi connectivity index (χ0n) is 11.9. The molecule has 1 amide bonds. The van der Waals surface area contributed by atoms with Crippen LogP contribution in [-0.4, -0.2) is 36.3 Å². The Morgan fingerprint density at radius 3 is 2.92 bits per heavy atom. The Balaban J connectivity index is 1.72. The number of rotatable bonds is 3. The van der Waals surface area contributed by atoms with Gasteiger partial charge in [0.2, 0.25) is 5.95 Å². The van der Waals surface area contributed by atoms with E-state index in [1.807, 2.05) is 0 Å². The minimum atomic E-state index is -0.420. The lowest BCUT2D eigenvalue weighted by Crippen LogP contribution is -2.14. The van der Waals surface area contributed by atoms with Crippen molar-refractivity contribution >= 4 is 34.6 Å². The van der Waals surface area contributed by atoms with Crippen LogP contribution in [0.5, 0.6) is 0 Å². The van der Waals surface area contributed by atoms with Crippen molar-refractivity contribution in [2.45, 2.75) is 0 Å². The molecular formula is C14H8ClN7O2. The van der Waals surface area contributed by atoms with Gasteiger partial charge in [0.1, 0.15) is 10.8 Å². The van der Waals surface area contributed by atoms with Crippen LogP contribution < -0.4 is 5.32 Å². The Labute approximate surface area is 139 Å². The summed E-state index contributed by atoms with van der Waals surface area (Å²) < 4.78 is 5.35. The van der Waals surface area contributed by atoms with Gasteiger partial charge in [0.15, 0.2) is 16.9 Å². The summed E-state index contributed by atoms with van der Waals surface area (Å²) in [6, 6.07) is 6.52. The second kappa shape index (κ2) is 5.70. The van der Waals surface area contributed by atoms with Gasteiger partial charge in [-0.2, -0.15) is 4.98 Å². The van der Waals surface area contributed by atoms with Gasteiger partial charge in [-0.25, -0.2) is 15.1 Å². The van der Waals surface area contributed by atoms with E-state index < -0.39 is 5.91 Å². The molecule has 0 bridgehead atoms. The average molecular weight is 342 g/mol. The van der Waals surface area contributed by atoms with Gasteiger partial charge in [0, 0.05) is 6.20 Å². The molecule has 118 valence electrons. The molecule has 24 heavy (non-hydrogen) atoms. The van der Waals surface area contributed by atoms with Crippen LogP contribution in [0.15, 0.2) is 41.1 Å². The van der Waals surface area contributed by atoms with E-state index in [-0.39, 0.29) is 5.95 Å². The Morgan fingerprint density at radius 1 is 1.25 bits per heavy atom. The molecule has 0 unspecified atom stereocenters. The molecule has 0 aliphatic carbocycles. The van der Waals surface area contributed by atoms with Crippen molar-refractivity contribution in [1.82, 2.24) is 30.4 Å². The summed E-state index contributed by atoms with van der Waals surface area (Å²) in [6.07, 6.45) is 2.88. The van der Waals surface area contributed by atoms with Crippen molar-refractivity contribution in [3.05, 3.63) is 47.4 Å². The summed E-state index contributed by atoms with van der Waals surface area (Å²) in [5.74, 6) is 0.149. The molecule has 0 saturated heterocycles. The third-order valence-electron chi connectivity index (χ3n) is 3.16. The van der Waals surface area contributed by atoms with Crippen molar-refractivity contribution in [3.63, 3.8) is 0 Å². The Bertz CT molecular complexity index is 1010. The summed E-state index contributed by atoms with van der Waals surface area (Å²) in [7, 11) is 0. The van der Waals surface area contributed by atoms with Crippen molar-refractivity contribution in [1.29, 1.82) is 0 Å². The first-order chi connectivity index (χ1) is 11.7. The standard InChI is InChI=1S/C14H8ClN7O2/c15-9-4-3-7(6-16-9)13(23)19-14-17-10(8-2-1-5-24-8)11-12(18-14)21-22-20-11/h1-6H,(H2,17,18,19,20,21,22,23). The molecule has 0 aliphatic heterocycles. The Morgan fingerprint density at radius 2 is 2.17 bits per heavy atom. The number of fused-ring (bicyclic) bond motifs is 1. The number of furan rings is 1. The topological polar surface area (TPSA) is 122 Å². The van der Waals surface area contributed by atoms with Gasteiger partial charge in [0.05, 0.1) is 11.8 Å². The van der Waals surface area contributed by atoms with Crippen molar-refractivity contribution in [3.8, 4) is 11.5 Å². The Hall–Kier alpha value is -3.33. The number of nitrogens with one attached hydrogen (secondary N) is 2. The van der Waals surface area contributed by atoms with Crippen LogP contribution in [0.4, 0.5) is 5.95 Å². The van der Waals surface area contributed by atoms with E-state index in [9.17, 15) is 4.79 Å². The summed E-state index contributed by atoms with van der Waals surface area (Å²) in [6.45, 7) is 0. The largest absolute Gasteiger partial charge is 0.463 e. The zero-order chi connectivity index (χ0) is 16.5. The van der Waals surface area contributed by atoms with Crippen LogP contribution >= 0.6 is 11.6 Å². The number of halogens is 1. The molecule has 4 aromatic rings. The molecule has 0 aliphatic rings. The quantitative estimate of drug-likeness (QED) is 0.548. The van der Waals surface area contributed by atoms with E-state index in [2.05, 4.69) is 35.7 Å². The average Bonchev–Trinajstić information content (AvgIpc) is 3.26. The molecule has 9 nitrogen and oxygen atoms in total. The maximum atomic E-state index is 12.3. The number of hydrogen-bond acceptors (Lipinski definition) is 7. The number of hydrogen-bond donors (Lipinski definition) is 2. The van der Waals surface area contributed by atoms with Gasteiger partial charge in [0.25, 0.3) is 5.91 Å². The van der Waals surface area contributed by atoms with E-state index in [1.54, 1.807) is 18.2 Å². The summed E-state index contributed by atoms with van der Waals surface area (Å²) in [4.78, 5) is 24.6. The number of aromatic nitrogens is 6. The maximum absolute atomic E-state index is 12.3. The number of nitrogens with zero attached hydrogens (tertiary/aromatic N) is 5. The summed E-state index contributed by atoms with van der Waals surface area (Å²) in [5.41, 5.74) is 1.56. The fourth-order valence-electron chi connectivity index (χ4n) is 2.07. The highest BCUT2D eigenvalue weighted by Crippen LogP contribution is 2.25. The van der Waals surface area contributed by atoms with Crippen LogP contribution in [0.2, 0.25) is 5.15 Å². The van der Waals surface area contributed by atoms with E-state index in [1.165, 1.54) is 18.5 Å². The molecule has 10 heteroatoms. The molecule has 4 heterocycles. The number of amides is 1. The third kappa shape index (κ3) is 2.57. The lowest BCUT2D eigenvalue weighted by atomic mass is 10.2. The second-order valence-electron chi connectivity index (χ2n) is 4.71. The lowest BCUT2D eigenvalue weighted by molar-refractivity contribution is 0.102. The van der Waals surface area contributed by atoms with Gasteiger partial charge < -0.3 is 4.42 Å². The van der Waals surface area contributed by atoms with E-state index in [0.29, 0.717) is 33.3 Å². The molecule has 0 fully saturated rings. The van der Waals surface area contributed by atoms with Crippen molar-refractivity contribution in [2.75, 3.05) is 5.32 Å². The number of anilines is 1. The molecule has 4 rings (SSSR count). The monoisotopic (exact) mass is 341 g/mol. The predicted molar refractivity (Wildman–Crippen MR) is 84.4 cm³/mol. The first kappa shape index (κ1) is 14.3. The highest BCUT2D eigenvalue weighted by molar-refractivity contribution is 6.29. The maximum Gasteiger partial charge on any atom is 0.259 e. The summed E-state index contributed by atoms with van der Waals surface area (Å²) >= 11 is 5.71. The number of carbonyl (C=O) groups excluding carboxylic acids is 1. The van der Waals surface area contributed by atoms with Crippen LogP contribution in [0, 0.1) is 0 Å². The minimum absolute atomic E-state index is 0.0832. The molecule has 0 aromatic carbocycles. The molecule has 4 aromatic heterocycles. The number of aromatic amines is 1. The number of pyridine rings is 1. The fraction of sp³-hybridized carbons (Fsp3) is 0. The molecule has 0 spiro atoms. The molecule has 2 N–H and O–H groups in total. The van der Waals surface area contributed by atoms with E-state index in [4.69, 9.17) is 16.0 Å². The number of H-pyrrole nitrogens is 1. The van der Waals surface area contributed by atoms with Crippen LogP contribution in [-0.2, 0) is 0 Å². The highest BCUT2D eigenvalue weighted by Gasteiger charge is 2.17. The highest BCUT2D eigenvalue weighted by atomic mass is 35.5. The molecule has 0 radical (unpaired) electrons. The third-order valence-corrected chi connectivity index (χ3v) is 3.38. The first-order valence-corrected chi connectivity index (χ1v) is 7.14. The van der Waals surface area contributed by atoms with Gasteiger partial charge in [-0.3, -0.25) is 10.1 Å². The molecule has 0 atom stereocenters. The van der Waals surface area contributed by atoms with Gasteiger partial charge >= 0.3 is 0 Å². The van der Waals surface area contributed by atoms with Gasteiger partial charge in [-0.1, -0.05) is 16.8 Å². The Kier molecular flexibility index (Phi) is 3.39. The minimum Gasteiger partial charge on any atom is -0.463 e. The molecular weight excluding hydrogens is 334 g/mol. The zero-order valence-corrected chi connectivity index (χ0v) is 12.7. The van der Waals surface area contributed by atoms with Crippen LogP contribution in [0.1, 0.15) is 10.4 Å². The van der Waals surface area contributed by atoms with E-state index >= 15 is 0 Å². The van der Waals surface area contributed by atoms with Crippen LogP contribution in [0.25, 0.3) is 22.6 Å². The smallest absolute Gasteiger partial charge is 0.259 e. The van der Waals surface area contributed by atoms with Gasteiger partial charge in [-0.15, -0.1) is 5.10 Å².